The zero-order valence-electron chi connectivity index (χ0n) is 22.2. The largest absolute Gasteiger partial charge is 0.481 e. The van der Waals surface area contributed by atoms with Crippen LogP contribution in [0.15, 0.2) is 17.5 Å². The van der Waals surface area contributed by atoms with Crippen LogP contribution in [0.5, 0.6) is 0 Å². The van der Waals surface area contributed by atoms with Crippen molar-refractivity contribution >= 4 is 35.6 Å². The van der Waals surface area contributed by atoms with Gasteiger partial charge in [-0.05, 0) is 45.1 Å². The smallest absolute Gasteiger partial charge is 0.326 e. The fourth-order valence-electron chi connectivity index (χ4n) is 3.59. The molecule has 17 heteroatoms. The number of nitrogens with zero attached hydrogens (tertiary/aromatic N) is 2. The molecule has 1 aromatic rings. The van der Waals surface area contributed by atoms with Crippen LogP contribution in [0.2, 0.25) is 0 Å². The molecule has 0 bridgehead atoms. The van der Waals surface area contributed by atoms with Gasteiger partial charge < -0.3 is 54.1 Å². The van der Waals surface area contributed by atoms with Gasteiger partial charge in [-0.1, -0.05) is 0 Å². The number of nitrogens with one attached hydrogen (secondary N) is 4. The molecule has 1 aromatic heterocycles. The minimum atomic E-state index is -1.34. The highest BCUT2D eigenvalue weighted by Crippen LogP contribution is 2.07. The summed E-state index contributed by atoms with van der Waals surface area (Å²) in [4.78, 5) is 72.2. The third kappa shape index (κ3) is 13.5. The first-order valence-corrected chi connectivity index (χ1v) is 12.8. The van der Waals surface area contributed by atoms with Gasteiger partial charge in [0.05, 0.1) is 12.4 Å². The van der Waals surface area contributed by atoms with Crippen LogP contribution in [0.4, 0.5) is 0 Å². The van der Waals surface area contributed by atoms with Crippen LogP contribution in [0.3, 0.4) is 0 Å². The SMILES string of the molecule is NCCCCC(NC(=O)C(Cc1cnc[nH]1)NC(=O)C(CCC(=O)O)NC(=O)C(N)CCCN=C(N)N)C(=O)O. The molecule has 0 aliphatic heterocycles. The van der Waals surface area contributed by atoms with Gasteiger partial charge in [0.1, 0.15) is 18.1 Å². The van der Waals surface area contributed by atoms with Gasteiger partial charge in [0.15, 0.2) is 5.96 Å². The molecule has 1 rings (SSSR count). The number of nitrogens with two attached hydrogens (primary N) is 4. The Morgan fingerprint density at radius 2 is 1.55 bits per heavy atom. The van der Waals surface area contributed by atoms with Gasteiger partial charge in [-0.3, -0.25) is 24.2 Å². The van der Waals surface area contributed by atoms with Crippen molar-refractivity contribution in [3.63, 3.8) is 0 Å². The molecule has 0 aliphatic carbocycles. The number of aliphatic imine (C=N–C) groups is 1. The molecule has 4 unspecified atom stereocenters. The number of carbonyl (C=O) groups is 5. The van der Waals surface area contributed by atoms with Crippen molar-refractivity contribution in [1.29, 1.82) is 0 Å². The molecule has 0 aliphatic rings. The number of H-pyrrole nitrogens is 1. The van der Waals surface area contributed by atoms with Crippen molar-refractivity contribution in [2.75, 3.05) is 13.1 Å². The molecule has 0 radical (unpaired) electrons. The van der Waals surface area contributed by atoms with E-state index in [2.05, 4.69) is 30.9 Å². The zero-order chi connectivity index (χ0) is 30.1. The molecule has 0 saturated carbocycles. The van der Waals surface area contributed by atoms with Gasteiger partial charge in [0.2, 0.25) is 17.7 Å². The number of carbonyl (C=O) groups excluding carboxylic acids is 3. The average molecular weight is 569 g/mol. The number of imidazole rings is 1. The molecular formula is C23H40N10O7. The molecule has 0 aromatic carbocycles. The number of aromatic amines is 1. The number of amides is 3. The molecule has 0 saturated heterocycles. The van der Waals surface area contributed by atoms with Gasteiger partial charge in [-0.2, -0.15) is 0 Å². The van der Waals surface area contributed by atoms with E-state index in [0.29, 0.717) is 31.5 Å². The summed E-state index contributed by atoms with van der Waals surface area (Å²) in [5.41, 5.74) is 22.3. The fraction of sp³-hybridized carbons (Fsp3) is 0.609. The van der Waals surface area contributed by atoms with Crippen LogP contribution in [-0.4, -0.2) is 93.1 Å². The summed E-state index contributed by atoms with van der Waals surface area (Å²) in [6.07, 6.45) is 3.66. The number of carboxylic acids is 2. The topological polar surface area (TPSA) is 307 Å². The highest BCUT2D eigenvalue weighted by Gasteiger charge is 2.31. The normalized spacial score (nSPS) is 13.8. The predicted molar refractivity (Wildman–Crippen MR) is 143 cm³/mol. The van der Waals surface area contributed by atoms with Crippen LogP contribution < -0.4 is 38.9 Å². The zero-order valence-corrected chi connectivity index (χ0v) is 22.2. The Labute approximate surface area is 230 Å². The fourth-order valence-corrected chi connectivity index (χ4v) is 3.59. The lowest BCUT2D eigenvalue weighted by Gasteiger charge is -2.25. The predicted octanol–water partition coefficient (Wildman–Crippen LogP) is -3.13. The summed E-state index contributed by atoms with van der Waals surface area (Å²) < 4.78 is 0. The maximum atomic E-state index is 13.2. The number of carboxylic acid groups (broad SMARTS) is 2. The number of hydrogen-bond donors (Lipinski definition) is 10. The molecule has 17 nitrogen and oxygen atoms in total. The molecule has 40 heavy (non-hydrogen) atoms. The molecule has 3 amide bonds. The van der Waals surface area contributed by atoms with E-state index < -0.39 is 60.2 Å². The van der Waals surface area contributed by atoms with Crippen LogP contribution in [0.25, 0.3) is 0 Å². The standard InChI is InChI=1S/C23H40N10O7/c24-8-2-1-5-16(22(39)40)32-21(38)17(10-13-11-28-12-30-13)33-20(37)15(6-7-18(34)35)31-19(36)14(25)4-3-9-29-23(26)27/h11-12,14-17H,1-10,24-25H2,(H,28,30)(H,31,36)(H,32,38)(H,33,37)(H,34,35)(H,39,40)(H4,26,27,29). The van der Waals surface area contributed by atoms with Crippen molar-refractivity contribution in [2.45, 2.75) is 75.5 Å². The number of guanidine groups is 1. The van der Waals surface area contributed by atoms with Gasteiger partial charge in [0, 0.05) is 31.3 Å². The highest BCUT2D eigenvalue weighted by molar-refractivity contribution is 5.94. The number of unbranched alkanes of at least 4 members (excludes halogenated alkanes) is 1. The monoisotopic (exact) mass is 568 g/mol. The molecule has 1 heterocycles. The molecule has 14 N–H and O–H groups in total. The maximum absolute atomic E-state index is 13.2. The number of hydrogen-bond acceptors (Lipinski definition) is 9. The van der Waals surface area contributed by atoms with E-state index in [1.807, 2.05) is 0 Å². The Balaban J connectivity index is 3.01. The third-order valence-corrected chi connectivity index (χ3v) is 5.76. The first kappa shape index (κ1) is 33.8. The van der Waals surface area contributed by atoms with Crippen molar-refractivity contribution < 1.29 is 34.2 Å². The Hall–Kier alpha value is -4.25. The van der Waals surface area contributed by atoms with E-state index in [-0.39, 0.29) is 38.2 Å². The first-order chi connectivity index (χ1) is 18.9. The Kier molecular flexibility index (Phi) is 15.3. The van der Waals surface area contributed by atoms with Crippen LogP contribution in [0, 0.1) is 0 Å². The molecule has 4 atom stereocenters. The molecular weight excluding hydrogens is 528 g/mol. The van der Waals surface area contributed by atoms with E-state index in [1.165, 1.54) is 12.5 Å². The number of aliphatic carboxylic acids is 2. The van der Waals surface area contributed by atoms with E-state index in [4.69, 9.17) is 28.0 Å². The van der Waals surface area contributed by atoms with Crippen LogP contribution in [-0.2, 0) is 30.4 Å². The van der Waals surface area contributed by atoms with Gasteiger partial charge in [-0.25, -0.2) is 9.78 Å². The van der Waals surface area contributed by atoms with Gasteiger partial charge in [0.25, 0.3) is 0 Å². The number of rotatable bonds is 20. The van der Waals surface area contributed by atoms with E-state index in [9.17, 15) is 29.1 Å². The lowest BCUT2D eigenvalue weighted by atomic mass is 10.0. The minimum Gasteiger partial charge on any atom is -0.481 e. The third-order valence-electron chi connectivity index (χ3n) is 5.76. The minimum absolute atomic E-state index is 0.0867. The van der Waals surface area contributed by atoms with Crippen molar-refractivity contribution in [3.05, 3.63) is 18.2 Å². The van der Waals surface area contributed by atoms with Gasteiger partial charge >= 0.3 is 11.9 Å². The summed E-state index contributed by atoms with van der Waals surface area (Å²) in [6.45, 7) is 0.600. The Morgan fingerprint density at radius 3 is 2.12 bits per heavy atom. The Bertz CT molecular complexity index is 998. The van der Waals surface area contributed by atoms with Crippen molar-refractivity contribution in [3.8, 4) is 0 Å². The second-order valence-electron chi connectivity index (χ2n) is 9.07. The Morgan fingerprint density at radius 1 is 0.900 bits per heavy atom. The first-order valence-electron chi connectivity index (χ1n) is 12.8. The van der Waals surface area contributed by atoms with E-state index in [0.717, 1.165) is 0 Å². The lowest BCUT2D eigenvalue weighted by Crippen LogP contribution is -2.57. The quantitative estimate of drug-likeness (QED) is 0.0424. The van der Waals surface area contributed by atoms with Gasteiger partial charge in [-0.15, -0.1) is 0 Å². The number of aromatic nitrogens is 2. The molecule has 224 valence electrons. The summed E-state index contributed by atoms with van der Waals surface area (Å²) in [7, 11) is 0. The second-order valence-corrected chi connectivity index (χ2v) is 9.07. The van der Waals surface area contributed by atoms with Crippen molar-refractivity contribution in [1.82, 2.24) is 25.9 Å². The summed E-state index contributed by atoms with van der Waals surface area (Å²) in [5.74, 6) is -4.92. The van der Waals surface area contributed by atoms with Crippen LogP contribution in [0.1, 0.15) is 50.6 Å². The lowest BCUT2D eigenvalue weighted by molar-refractivity contribution is -0.142. The van der Waals surface area contributed by atoms with E-state index >= 15 is 0 Å². The summed E-state index contributed by atoms with van der Waals surface area (Å²) in [5, 5.41) is 26.0. The molecule has 0 spiro atoms. The summed E-state index contributed by atoms with van der Waals surface area (Å²) >= 11 is 0. The van der Waals surface area contributed by atoms with E-state index in [1.54, 1.807) is 0 Å². The van der Waals surface area contributed by atoms with Crippen molar-refractivity contribution in [2.24, 2.45) is 27.9 Å². The van der Waals surface area contributed by atoms with Crippen LogP contribution >= 0.6 is 0 Å². The summed E-state index contributed by atoms with van der Waals surface area (Å²) in [6, 6.07) is -4.88. The highest BCUT2D eigenvalue weighted by atomic mass is 16.4. The average Bonchev–Trinajstić information content (AvgIpc) is 3.40. The maximum Gasteiger partial charge on any atom is 0.326 e. The molecule has 0 fully saturated rings. The second kappa shape index (κ2) is 18.1.